The molecular weight excluding hydrogens is 361 g/mol. The van der Waals surface area contributed by atoms with Crippen LogP contribution in [0.15, 0.2) is 42.5 Å². The number of urea groups is 1. The molecule has 2 aromatic rings. The van der Waals surface area contributed by atoms with Crippen LogP contribution in [0.2, 0.25) is 0 Å². The third kappa shape index (κ3) is 2.81. The number of amides is 3. The number of carbonyl (C=O) groups excluding carboxylic acids is 2. The Bertz CT molecular complexity index is 934. The van der Waals surface area contributed by atoms with Crippen molar-refractivity contribution in [3.63, 3.8) is 0 Å². The Morgan fingerprint density at radius 3 is 2.74 bits per heavy atom. The van der Waals surface area contributed by atoms with Crippen molar-refractivity contribution in [3.05, 3.63) is 65.0 Å². The topological polar surface area (TPSA) is 58.6 Å². The molecule has 3 amide bonds. The van der Waals surface area contributed by atoms with Crippen molar-refractivity contribution in [1.82, 2.24) is 10.2 Å². The molecule has 1 aliphatic carbocycles. The van der Waals surface area contributed by atoms with Gasteiger partial charge in [0.25, 0.3) is 5.91 Å². The maximum atomic E-state index is 13.6. The third-order valence-electron chi connectivity index (χ3n) is 4.99. The number of fused-ring (bicyclic) bond motifs is 2. The molecule has 27 heavy (non-hydrogen) atoms. The van der Waals surface area contributed by atoms with Crippen LogP contribution in [-0.2, 0) is 23.3 Å². The first kappa shape index (κ1) is 17.4. The van der Waals surface area contributed by atoms with Crippen molar-refractivity contribution in [1.29, 1.82) is 0 Å². The van der Waals surface area contributed by atoms with Crippen LogP contribution < -0.4 is 10.1 Å². The maximum Gasteiger partial charge on any atom is 0.387 e. The quantitative estimate of drug-likeness (QED) is 0.833. The minimum absolute atomic E-state index is 0.0119. The van der Waals surface area contributed by atoms with Gasteiger partial charge in [-0.3, -0.25) is 9.69 Å². The fraction of sp³-hybridized carbons (Fsp3) is 0.263. The van der Waals surface area contributed by atoms with E-state index >= 15 is 0 Å². The van der Waals surface area contributed by atoms with Crippen LogP contribution in [0.1, 0.15) is 23.1 Å². The van der Waals surface area contributed by atoms with E-state index in [1.54, 1.807) is 12.1 Å². The number of carbonyl (C=O) groups is 2. The van der Waals surface area contributed by atoms with E-state index in [2.05, 4.69) is 10.1 Å². The van der Waals surface area contributed by atoms with Gasteiger partial charge >= 0.3 is 12.6 Å². The van der Waals surface area contributed by atoms with Gasteiger partial charge in [0.15, 0.2) is 0 Å². The number of ether oxygens (including phenoxy) is 1. The number of nitrogens with zero attached hydrogens (tertiary/aromatic N) is 1. The van der Waals surface area contributed by atoms with E-state index < -0.39 is 29.9 Å². The van der Waals surface area contributed by atoms with Crippen LogP contribution in [0.25, 0.3) is 0 Å². The second kappa shape index (κ2) is 6.29. The molecule has 1 spiro atoms. The molecule has 5 nitrogen and oxygen atoms in total. The predicted molar refractivity (Wildman–Crippen MR) is 88.6 cm³/mol. The highest BCUT2D eigenvalue weighted by molar-refractivity contribution is 6.08. The van der Waals surface area contributed by atoms with Crippen molar-refractivity contribution < 1.29 is 27.5 Å². The van der Waals surface area contributed by atoms with E-state index in [0.717, 1.165) is 34.2 Å². The number of hydrogen-bond acceptors (Lipinski definition) is 3. The monoisotopic (exact) mass is 376 g/mol. The molecule has 1 heterocycles. The lowest BCUT2D eigenvalue weighted by Gasteiger charge is -2.22. The molecule has 0 bridgehead atoms. The van der Waals surface area contributed by atoms with E-state index in [4.69, 9.17) is 0 Å². The van der Waals surface area contributed by atoms with E-state index in [0.29, 0.717) is 12.8 Å². The first-order valence-corrected chi connectivity index (χ1v) is 8.36. The minimum atomic E-state index is -3.11. The van der Waals surface area contributed by atoms with E-state index in [9.17, 15) is 22.8 Å². The number of imide groups is 1. The van der Waals surface area contributed by atoms with Gasteiger partial charge in [0.05, 0.1) is 6.54 Å². The first-order valence-electron chi connectivity index (χ1n) is 8.36. The molecule has 0 radical (unpaired) electrons. The second-order valence-electron chi connectivity index (χ2n) is 6.51. The summed E-state index contributed by atoms with van der Waals surface area (Å²) in [6.07, 6.45) is 1.05. The van der Waals surface area contributed by atoms with Crippen LogP contribution in [0.5, 0.6) is 5.75 Å². The summed E-state index contributed by atoms with van der Waals surface area (Å²) in [5.41, 5.74) is 0.529. The van der Waals surface area contributed by atoms with Crippen LogP contribution in [-0.4, -0.2) is 23.4 Å². The van der Waals surface area contributed by atoms with Gasteiger partial charge in [0, 0.05) is 5.56 Å². The molecule has 140 valence electrons. The normalized spacial score (nSPS) is 21.1. The van der Waals surface area contributed by atoms with E-state index in [1.807, 2.05) is 12.1 Å². The van der Waals surface area contributed by atoms with Crippen molar-refractivity contribution in [2.45, 2.75) is 31.5 Å². The maximum absolute atomic E-state index is 13.6. The van der Waals surface area contributed by atoms with E-state index in [-0.39, 0.29) is 17.9 Å². The number of aryl methyl sites for hydroxylation is 1. The lowest BCUT2D eigenvalue weighted by Crippen LogP contribution is -2.41. The Morgan fingerprint density at radius 2 is 1.96 bits per heavy atom. The summed E-state index contributed by atoms with van der Waals surface area (Å²) >= 11 is 0. The van der Waals surface area contributed by atoms with Gasteiger partial charge in [-0.2, -0.15) is 8.78 Å². The van der Waals surface area contributed by atoms with Crippen molar-refractivity contribution in [2.24, 2.45) is 0 Å². The molecule has 2 aromatic carbocycles. The highest BCUT2D eigenvalue weighted by atomic mass is 19.3. The number of benzene rings is 2. The molecular formula is C19H15F3N2O3. The van der Waals surface area contributed by atoms with Crippen LogP contribution in [0, 0.1) is 5.82 Å². The third-order valence-corrected chi connectivity index (χ3v) is 4.99. The fourth-order valence-corrected chi connectivity index (χ4v) is 3.79. The Labute approximate surface area is 152 Å². The van der Waals surface area contributed by atoms with E-state index in [1.165, 1.54) is 0 Å². The van der Waals surface area contributed by atoms with Crippen LogP contribution in [0.3, 0.4) is 0 Å². The molecule has 1 aliphatic heterocycles. The predicted octanol–water partition coefficient (Wildman–Crippen LogP) is 3.32. The first-order chi connectivity index (χ1) is 12.9. The Morgan fingerprint density at radius 1 is 1.19 bits per heavy atom. The lowest BCUT2D eigenvalue weighted by atomic mass is 9.92. The molecule has 1 unspecified atom stereocenters. The van der Waals surface area contributed by atoms with Gasteiger partial charge in [-0.25, -0.2) is 9.18 Å². The zero-order valence-electron chi connectivity index (χ0n) is 14.0. The zero-order valence-corrected chi connectivity index (χ0v) is 14.0. The summed E-state index contributed by atoms with van der Waals surface area (Å²) in [5.74, 6) is -1.44. The molecule has 1 atom stereocenters. The van der Waals surface area contributed by atoms with Gasteiger partial charge < -0.3 is 10.1 Å². The van der Waals surface area contributed by atoms with Gasteiger partial charge in [-0.05, 0) is 42.2 Å². The Hall–Kier alpha value is -3.03. The number of halogens is 3. The summed E-state index contributed by atoms with van der Waals surface area (Å²) in [7, 11) is 0. The molecule has 4 rings (SSSR count). The number of hydrogen-bond donors (Lipinski definition) is 1. The minimum Gasteiger partial charge on any atom is -0.434 e. The van der Waals surface area contributed by atoms with Gasteiger partial charge in [0.1, 0.15) is 17.1 Å². The lowest BCUT2D eigenvalue weighted by molar-refractivity contribution is -0.132. The number of nitrogens with one attached hydrogen (secondary N) is 1. The van der Waals surface area contributed by atoms with Crippen molar-refractivity contribution >= 4 is 11.9 Å². The SMILES string of the molecule is O=C1NC2(CCc3ccccc32)C(=O)N1Cc1cc(F)ccc1OC(F)F. The van der Waals surface area contributed by atoms with Gasteiger partial charge in [-0.1, -0.05) is 24.3 Å². The van der Waals surface area contributed by atoms with Gasteiger partial charge in [-0.15, -0.1) is 0 Å². The average molecular weight is 376 g/mol. The number of alkyl halides is 2. The fourth-order valence-electron chi connectivity index (χ4n) is 3.79. The summed E-state index contributed by atoms with van der Waals surface area (Å²) in [6.45, 7) is -3.47. The van der Waals surface area contributed by atoms with Crippen LogP contribution >= 0.6 is 0 Å². The Balaban J connectivity index is 1.66. The summed E-state index contributed by atoms with van der Waals surface area (Å²) in [5, 5.41) is 2.74. The van der Waals surface area contributed by atoms with Crippen LogP contribution in [0.4, 0.5) is 18.0 Å². The summed E-state index contributed by atoms with van der Waals surface area (Å²) in [6, 6.07) is 9.69. The summed E-state index contributed by atoms with van der Waals surface area (Å²) < 4.78 is 43.2. The average Bonchev–Trinajstić information content (AvgIpc) is 3.11. The molecule has 1 saturated heterocycles. The molecule has 0 saturated carbocycles. The zero-order chi connectivity index (χ0) is 19.2. The van der Waals surface area contributed by atoms with Gasteiger partial charge in [0.2, 0.25) is 0 Å². The highest BCUT2D eigenvalue weighted by Crippen LogP contribution is 2.42. The molecule has 1 N–H and O–H groups in total. The molecule has 2 aliphatic rings. The highest BCUT2D eigenvalue weighted by Gasteiger charge is 2.55. The largest absolute Gasteiger partial charge is 0.434 e. The smallest absolute Gasteiger partial charge is 0.387 e. The summed E-state index contributed by atoms with van der Waals surface area (Å²) in [4.78, 5) is 26.5. The van der Waals surface area contributed by atoms with Crippen molar-refractivity contribution in [3.8, 4) is 5.75 Å². The molecule has 8 heteroatoms. The second-order valence-corrected chi connectivity index (χ2v) is 6.51. The molecule has 0 aromatic heterocycles. The Kier molecular flexibility index (Phi) is 4.05. The standard InChI is InChI=1S/C19H15F3N2O3/c20-13-5-6-15(27-17(21)22)12(9-13)10-24-16(25)19(23-18(24)26)8-7-11-3-1-2-4-14(11)19/h1-6,9,17H,7-8,10H2,(H,23,26). The van der Waals surface area contributed by atoms with Crippen molar-refractivity contribution in [2.75, 3.05) is 0 Å². The molecule has 1 fully saturated rings. The number of rotatable bonds is 4.